The second-order valence-electron chi connectivity index (χ2n) is 9.14. The van der Waals surface area contributed by atoms with Crippen molar-refractivity contribution < 1.29 is 32.7 Å². The Balaban J connectivity index is 0.000000454. The van der Waals surface area contributed by atoms with Crippen LogP contribution in [0.1, 0.15) is 23.2 Å². The molecule has 1 aromatic heterocycles. The summed E-state index contributed by atoms with van der Waals surface area (Å²) < 4.78 is 31.7. The second-order valence-corrected chi connectivity index (χ2v) is 9.14. The Kier molecular flexibility index (Phi) is 8.21. The van der Waals surface area contributed by atoms with Gasteiger partial charge in [0, 0.05) is 58.0 Å². The first kappa shape index (κ1) is 27.0. The van der Waals surface area contributed by atoms with E-state index in [0.29, 0.717) is 25.2 Å². The molecule has 0 aliphatic carbocycles. The van der Waals surface area contributed by atoms with E-state index in [-0.39, 0.29) is 17.7 Å². The van der Waals surface area contributed by atoms with Crippen molar-refractivity contribution in [3.63, 3.8) is 0 Å². The number of aromatic nitrogens is 1. The molecule has 36 heavy (non-hydrogen) atoms. The number of hydrogen-bond donors (Lipinski definition) is 1. The molecule has 0 radical (unpaired) electrons. The summed E-state index contributed by atoms with van der Waals surface area (Å²) in [5, 5.41) is 7.12. The van der Waals surface area contributed by atoms with Crippen molar-refractivity contribution in [3.05, 3.63) is 60.3 Å². The Morgan fingerprint density at radius 3 is 2.25 bits per heavy atom. The summed E-state index contributed by atoms with van der Waals surface area (Å²) in [7, 11) is 3.66. The molecule has 4 rings (SSSR count). The van der Waals surface area contributed by atoms with E-state index >= 15 is 0 Å². The first-order valence-electron chi connectivity index (χ1n) is 11.5. The van der Waals surface area contributed by atoms with Crippen molar-refractivity contribution in [2.45, 2.75) is 19.0 Å². The van der Waals surface area contributed by atoms with Crippen LogP contribution in [0.15, 0.2) is 54.7 Å². The molecule has 11 heteroatoms. The third-order valence-electron chi connectivity index (χ3n) is 6.54. The van der Waals surface area contributed by atoms with Crippen LogP contribution in [0.4, 0.5) is 19.0 Å². The molecule has 2 aromatic rings. The van der Waals surface area contributed by atoms with Gasteiger partial charge in [-0.1, -0.05) is 24.3 Å². The fourth-order valence-corrected chi connectivity index (χ4v) is 4.89. The number of aliphatic carboxylic acids is 1. The zero-order valence-corrected chi connectivity index (χ0v) is 20.1. The Hall–Kier alpha value is -3.63. The highest BCUT2D eigenvalue weighted by atomic mass is 19.4. The number of halogens is 3. The molecule has 1 aromatic carbocycles. The molecular formula is C25H29F3N4O4. The number of carboxylic acids is 1. The SMILES string of the molecule is CN(C)C(=O)[C@]12CCCN(C(=O)c3ccccc3)C[C@H]1CN(c1ccccn1)C2.O=C(O)C(F)(F)F. The number of carboxylic acid groups (broad SMARTS) is 1. The van der Waals surface area contributed by atoms with Gasteiger partial charge in [0.1, 0.15) is 5.82 Å². The van der Waals surface area contributed by atoms with Crippen molar-refractivity contribution in [1.29, 1.82) is 0 Å². The van der Waals surface area contributed by atoms with Crippen molar-refractivity contribution in [2.24, 2.45) is 11.3 Å². The van der Waals surface area contributed by atoms with E-state index in [4.69, 9.17) is 9.90 Å². The lowest BCUT2D eigenvalue weighted by atomic mass is 9.74. The van der Waals surface area contributed by atoms with Gasteiger partial charge in [-0.3, -0.25) is 9.59 Å². The van der Waals surface area contributed by atoms with E-state index < -0.39 is 17.6 Å². The van der Waals surface area contributed by atoms with Gasteiger partial charge in [-0.15, -0.1) is 0 Å². The Bertz CT molecular complexity index is 1070. The largest absolute Gasteiger partial charge is 0.490 e. The zero-order valence-electron chi connectivity index (χ0n) is 20.1. The maximum atomic E-state index is 13.4. The van der Waals surface area contributed by atoms with Crippen molar-refractivity contribution in [2.75, 3.05) is 45.2 Å². The van der Waals surface area contributed by atoms with Crippen LogP contribution in [0.25, 0.3) is 0 Å². The normalized spacial score (nSPS) is 21.5. The number of carbonyl (C=O) groups excluding carboxylic acids is 2. The highest BCUT2D eigenvalue weighted by Crippen LogP contribution is 2.45. The summed E-state index contributed by atoms with van der Waals surface area (Å²) in [6.45, 7) is 2.67. The Morgan fingerprint density at radius 2 is 1.69 bits per heavy atom. The number of anilines is 1. The molecule has 8 nitrogen and oxygen atoms in total. The average Bonchev–Trinajstić information content (AvgIpc) is 3.12. The molecule has 0 bridgehead atoms. The summed E-state index contributed by atoms with van der Waals surface area (Å²) in [5.41, 5.74) is 0.228. The predicted octanol–water partition coefficient (Wildman–Crippen LogP) is 3.16. The third kappa shape index (κ3) is 5.95. The van der Waals surface area contributed by atoms with E-state index in [1.807, 2.05) is 67.5 Å². The topological polar surface area (TPSA) is 94.1 Å². The lowest BCUT2D eigenvalue weighted by molar-refractivity contribution is -0.192. The molecule has 1 N–H and O–H groups in total. The van der Waals surface area contributed by atoms with Gasteiger partial charge in [-0.05, 0) is 37.1 Å². The molecule has 194 valence electrons. The Labute approximate surface area is 207 Å². The molecule has 2 amide bonds. The van der Waals surface area contributed by atoms with Crippen molar-refractivity contribution in [1.82, 2.24) is 14.8 Å². The summed E-state index contributed by atoms with van der Waals surface area (Å²) in [4.78, 5) is 45.7. The number of pyridine rings is 1. The monoisotopic (exact) mass is 506 g/mol. The van der Waals surface area contributed by atoms with Crippen LogP contribution in [0.3, 0.4) is 0 Å². The number of alkyl halides is 3. The van der Waals surface area contributed by atoms with E-state index in [9.17, 15) is 22.8 Å². The first-order chi connectivity index (χ1) is 17.0. The van der Waals surface area contributed by atoms with Crippen LogP contribution < -0.4 is 4.90 Å². The summed E-state index contributed by atoms with van der Waals surface area (Å²) >= 11 is 0. The van der Waals surface area contributed by atoms with E-state index in [2.05, 4.69) is 9.88 Å². The van der Waals surface area contributed by atoms with Crippen LogP contribution in [0, 0.1) is 11.3 Å². The molecule has 2 atom stereocenters. The summed E-state index contributed by atoms with van der Waals surface area (Å²) in [5.74, 6) is -1.57. The molecule has 2 aliphatic heterocycles. The number of rotatable bonds is 3. The maximum Gasteiger partial charge on any atom is 0.490 e. The lowest BCUT2D eigenvalue weighted by Gasteiger charge is -2.34. The van der Waals surface area contributed by atoms with Crippen LogP contribution in [0.5, 0.6) is 0 Å². The number of carbonyl (C=O) groups is 3. The molecule has 0 spiro atoms. The smallest absolute Gasteiger partial charge is 0.475 e. The minimum absolute atomic E-state index is 0.0509. The van der Waals surface area contributed by atoms with Crippen LogP contribution in [0.2, 0.25) is 0 Å². The van der Waals surface area contributed by atoms with Crippen LogP contribution >= 0.6 is 0 Å². The van der Waals surface area contributed by atoms with Gasteiger partial charge in [-0.25, -0.2) is 9.78 Å². The first-order valence-corrected chi connectivity index (χ1v) is 11.5. The predicted molar refractivity (Wildman–Crippen MR) is 126 cm³/mol. The molecule has 0 unspecified atom stereocenters. The van der Waals surface area contributed by atoms with Crippen LogP contribution in [-0.2, 0) is 9.59 Å². The molecule has 2 saturated heterocycles. The van der Waals surface area contributed by atoms with Crippen molar-refractivity contribution >= 4 is 23.6 Å². The van der Waals surface area contributed by atoms with Gasteiger partial charge < -0.3 is 19.8 Å². The van der Waals surface area contributed by atoms with E-state index in [1.165, 1.54) is 0 Å². The number of amides is 2. The number of likely N-dealkylation sites (tertiary alicyclic amines) is 1. The summed E-state index contributed by atoms with van der Waals surface area (Å²) in [6.07, 6.45) is -1.68. The second kappa shape index (κ2) is 11.0. The molecule has 3 heterocycles. The van der Waals surface area contributed by atoms with Gasteiger partial charge in [0.25, 0.3) is 5.91 Å². The van der Waals surface area contributed by atoms with Gasteiger partial charge in [0.2, 0.25) is 5.91 Å². The van der Waals surface area contributed by atoms with Gasteiger partial charge >= 0.3 is 12.1 Å². The molecule has 0 saturated carbocycles. The average molecular weight is 507 g/mol. The maximum absolute atomic E-state index is 13.4. The van der Waals surface area contributed by atoms with Gasteiger partial charge in [-0.2, -0.15) is 13.2 Å². The highest BCUT2D eigenvalue weighted by molar-refractivity contribution is 5.94. The summed E-state index contributed by atoms with van der Waals surface area (Å²) in [6, 6.07) is 15.3. The Morgan fingerprint density at radius 1 is 1.06 bits per heavy atom. The lowest BCUT2D eigenvalue weighted by Crippen LogP contribution is -2.47. The molecule has 2 fully saturated rings. The number of hydrogen-bond acceptors (Lipinski definition) is 5. The fraction of sp³-hybridized carbons (Fsp3) is 0.440. The number of nitrogens with zero attached hydrogens (tertiary/aromatic N) is 4. The van der Waals surface area contributed by atoms with Gasteiger partial charge in [0.05, 0.1) is 5.41 Å². The third-order valence-corrected chi connectivity index (χ3v) is 6.54. The van der Waals surface area contributed by atoms with Gasteiger partial charge in [0.15, 0.2) is 0 Å². The molecular weight excluding hydrogens is 477 g/mol. The standard InChI is InChI=1S/C23H28N4O2.C2HF3O2/c1-25(2)22(29)23-12-8-14-26(21(28)18-9-4-3-5-10-18)15-19(23)16-27(17-23)20-11-6-7-13-24-20;3-2(4,5)1(6)7/h3-7,9-11,13,19H,8,12,14-17H2,1-2H3;(H,6,7)/t19-,23-;/m0./s1. The quantitative estimate of drug-likeness (QED) is 0.688. The van der Waals surface area contributed by atoms with Crippen molar-refractivity contribution in [3.8, 4) is 0 Å². The van der Waals surface area contributed by atoms with E-state index in [0.717, 1.165) is 25.2 Å². The number of fused-ring (bicyclic) bond motifs is 1. The molecule has 2 aliphatic rings. The highest BCUT2D eigenvalue weighted by Gasteiger charge is 2.54. The zero-order chi connectivity index (χ0) is 26.5. The van der Waals surface area contributed by atoms with E-state index in [1.54, 1.807) is 11.1 Å². The fourth-order valence-electron chi connectivity index (χ4n) is 4.89. The minimum atomic E-state index is -5.08. The van der Waals surface area contributed by atoms with Crippen LogP contribution in [-0.4, -0.2) is 84.1 Å². The minimum Gasteiger partial charge on any atom is -0.475 e. The number of benzene rings is 1.